The summed E-state index contributed by atoms with van der Waals surface area (Å²) in [7, 11) is 3.16. The monoisotopic (exact) mass is 389 g/mol. The zero-order valence-electron chi connectivity index (χ0n) is 17.8. The number of methoxy groups -OCH3 is 2. The lowest BCUT2D eigenvalue weighted by Crippen LogP contribution is -2.34. The number of hydrogen-bond donors (Lipinski definition) is 1. The van der Waals surface area contributed by atoms with Gasteiger partial charge in [-0.15, -0.1) is 0 Å². The highest BCUT2D eigenvalue weighted by Gasteiger charge is 2.28. The summed E-state index contributed by atoms with van der Waals surface area (Å²) >= 11 is 0. The normalized spacial score (nSPS) is 13.7. The summed E-state index contributed by atoms with van der Waals surface area (Å²) in [5, 5.41) is 7.17. The minimum atomic E-state index is -0.332. The molecule has 1 aromatic carbocycles. The van der Waals surface area contributed by atoms with Gasteiger partial charge in [-0.25, -0.2) is 0 Å². The van der Waals surface area contributed by atoms with Crippen molar-refractivity contribution >= 4 is 5.91 Å². The van der Waals surface area contributed by atoms with Crippen LogP contribution < -0.4 is 14.8 Å². The molecule has 0 bridgehead atoms. The Bertz CT molecular complexity index is 795. The van der Waals surface area contributed by atoms with Gasteiger partial charge in [-0.1, -0.05) is 46.2 Å². The highest BCUT2D eigenvalue weighted by atomic mass is 16.5. The summed E-state index contributed by atoms with van der Waals surface area (Å²) < 4.78 is 16.1. The molecular formula is C21H31N3O4. The summed E-state index contributed by atoms with van der Waals surface area (Å²) in [4.78, 5) is 17.0. The predicted molar refractivity (Wildman–Crippen MR) is 107 cm³/mol. The maximum absolute atomic E-state index is 12.5. The second-order valence-corrected chi connectivity index (χ2v) is 8.19. The second-order valence-electron chi connectivity index (χ2n) is 8.19. The van der Waals surface area contributed by atoms with E-state index < -0.39 is 0 Å². The van der Waals surface area contributed by atoms with Crippen molar-refractivity contribution in [1.29, 1.82) is 0 Å². The third-order valence-electron chi connectivity index (χ3n) is 4.57. The zero-order chi connectivity index (χ0) is 20.9. The molecule has 28 heavy (non-hydrogen) atoms. The SMILES string of the molecule is CC[C@H](C)[C@H](NC(=O)CC(C)(C)C)c1nc(-c2ccc(OC)c(OC)c2)no1. The third kappa shape index (κ3) is 5.47. The Hall–Kier alpha value is -2.57. The fourth-order valence-corrected chi connectivity index (χ4v) is 2.84. The van der Waals surface area contributed by atoms with Crippen LogP contribution in [-0.2, 0) is 4.79 Å². The molecule has 0 aliphatic heterocycles. The average molecular weight is 389 g/mol. The van der Waals surface area contributed by atoms with E-state index in [4.69, 9.17) is 14.0 Å². The van der Waals surface area contributed by atoms with Gasteiger partial charge in [-0.3, -0.25) is 4.79 Å². The molecule has 7 nitrogen and oxygen atoms in total. The second kappa shape index (κ2) is 9.08. The van der Waals surface area contributed by atoms with Crippen LogP contribution in [0.2, 0.25) is 0 Å². The van der Waals surface area contributed by atoms with E-state index in [0.29, 0.717) is 29.6 Å². The number of hydrogen-bond acceptors (Lipinski definition) is 6. The van der Waals surface area contributed by atoms with E-state index in [1.807, 2.05) is 26.8 Å². The third-order valence-corrected chi connectivity index (χ3v) is 4.57. The topological polar surface area (TPSA) is 86.5 Å². The van der Waals surface area contributed by atoms with Crippen molar-refractivity contribution < 1.29 is 18.8 Å². The van der Waals surface area contributed by atoms with Gasteiger partial charge < -0.3 is 19.3 Å². The van der Waals surface area contributed by atoms with Gasteiger partial charge in [0.05, 0.1) is 14.2 Å². The molecule has 154 valence electrons. The van der Waals surface area contributed by atoms with Gasteiger partial charge in [-0.2, -0.15) is 4.98 Å². The number of nitrogens with zero attached hydrogens (tertiary/aromatic N) is 2. The Kier molecular flexibility index (Phi) is 7.05. The fraction of sp³-hybridized carbons (Fsp3) is 0.571. The molecule has 2 rings (SSSR count). The molecule has 0 saturated carbocycles. The van der Waals surface area contributed by atoms with Crippen LogP contribution in [0.3, 0.4) is 0 Å². The molecule has 0 unspecified atom stereocenters. The lowest BCUT2D eigenvalue weighted by molar-refractivity contribution is -0.124. The van der Waals surface area contributed by atoms with Crippen LogP contribution >= 0.6 is 0 Å². The first kappa shape index (κ1) is 21.7. The number of carbonyl (C=O) groups excluding carboxylic acids is 1. The molecule has 2 aromatic rings. The molecule has 0 saturated heterocycles. The molecule has 0 fully saturated rings. The van der Waals surface area contributed by atoms with E-state index in [-0.39, 0.29) is 23.3 Å². The van der Waals surface area contributed by atoms with E-state index in [2.05, 4.69) is 29.3 Å². The van der Waals surface area contributed by atoms with Crippen LogP contribution in [0.4, 0.5) is 0 Å². The highest BCUT2D eigenvalue weighted by molar-refractivity contribution is 5.77. The van der Waals surface area contributed by atoms with Crippen molar-refractivity contribution in [3.05, 3.63) is 24.1 Å². The summed E-state index contributed by atoms with van der Waals surface area (Å²) in [6, 6.07) is 5.10. The van der Waals surface area contributed by atoms with E-state index in [1.165, 1.54) is 0 Å². The number of aromatic nitrogens is 2. The Labute approximate surface area is 166 Å². The van der Waals surface area contributed by atoms with Crippen LogP contribution in [0, 0.1) is 11.3 Å². The molecule has 0 spiro atoms. The van der Waals surface area contributed by atoms with E-state index >= 15 is 0 Å². The molecule has 7 heteroatoms. The summed E-state index contributed by atoms with van der Waals surface area (Å²) in [6.07, 6.45) is 1.30. The highest BCUT2D eigenvalue weighted by Crippen LogP contribution is 2.32. The minimum Gasteiger partial charge on any atom is -0.493 e. The summed E-state index contributed by atoms with van der Waals surface area (Å²) in [5.41, 5.74) is 0.653. The molecular weight excluding hydrogens is 358 g/mol. The van der Waals surface area contributed by atoms with E-state index in [0.717, 1.165) is 12.0 Å². The maximum atomic E-state index is 12.5. The molecule has 0 aliphatic carbocycles. The Balaban J connectivity index is 2.28. The van der Waals surface area contributed by atoms with E-state index in [9.17, 15) is 4.79 Å². The molecule has 1 amide bonds. The summed E-state index contributed by atoms with van der Waals surface area (Å²) in [5.74, 6) is 2.19. The number of nitrogens with one attached hydrogen (secondary N) is 1. The minimum absolute atomic E-state index is 0.0244. The fourth-order valence-electron chi connectivity index (χ4n) is 2.84. The molecule has 1 aromatic heterocycles. The first-order chi connectivity index (χ1) is 13.2. The quantitative estimate of drug-likeness (QED) is 0.720. The van der Waals surface area contributed by atoms with Gasteiger partial charge in [0.25, 0.3) is 0 Å². The number of rotatable bonds is 8. The largest absolute Gasteiger partial charge is 0.493 e. The Morgan fingerprint density at radius 3 is 2.46 bits per heavy atom. The van der Waals surface area contributed by atoms with Crippen LogP contribution in [0.5, 0.6) is 11.5 Å². The van der Waals surface area contributed by atoms with Gasteiger partial charge in [0.2, 0.25) is 17.6 Å². The summed E-state index contributed by atoms with van der Waals surface area (Å²) in [6.45, 7) is 10.2. The van der Waals surface area contributed by atoms with Crippen LogP contribution in [0.1, 0.15) is 59.4 Å². The standard InChI is InChI=1S/C21H31N3O4/c1-8-13(2)18(22-17(25)12-21(3,4)5)20-23-19(24-28-20)14-9-10-15(26-6)16(11-14)27-7/h9-11,13,18H,8,12H2,1-7H3,(H,22,25)/t13-,18-/m0/s1. The molecule has 2 atom stereocenters. The number of ether oxygens (including phenoxy) is 2. The maximum Gasteiger partial charge on any atom is 0.249 e. The van der Waals surface area contributed by atoms with Crippen LogP contribution in [-0.4, -0.2) is 30.3 Å². The average Bonchev–Trinajstić information content (AvgIpc) is 3.13. The smallest absolute Gasteiger partial charge is 0.249 e. The van der Waals surface area contributed by atoms with Crippen molar-refractivity contribution in [2.45, 2.75) is 53.5 Å². The van der Waals surface area contributed by atoms with Gasteiger partial charge in [0, 0.05) is 12.0 Å². The van der Waals surface area contributed by atoms with Crippen molar-refractivity contribution in [3.63, 3.8) is 0 Å². The van der Waals surface area contributed by atoms with E-state index in [1.54, 1.807) is 26.4 Å². The Morgan fingerprint density at radius 1 is 1.21 bits per heavy atom. The molecule has 0 aliphatic rings. The Morgan fingerprint density at radius 2 is 1.89 bits per heavy atom. The number of benzene rings is 1. The zero-order valence-corrected chi connectivity index (χ0v) is 17.8. The first-order valence-electron chi connectivity index (χ1n) is 9.53. The van der Waals surface area contributed by atoms with Gasteiger partial charge in [-0.05, 0) is 29.5 Å². The van der Waals surface area contributed by atoms with Crippen molar-refractivity contribution in [3.8, 4) is 22.9 Å². The predicted octanol–water partition coefficient (Wildman–Crippen LogP) is 4.39. The van der Waals surface area contributed by atoms with Crippen molar-refractivity contribution in [1.82, 2.24) is 15.5 Å². The lowest BCUT2D eigenvalue weighted by Gasteiger charge is -2.23. The van der Waals surface area contributed by atoms with Gasteiger partial charge in [0.15, 0.2) is 11.5 Å². The van der Waals surface area contributed by atoms with Gasteiger partial charge >= 0.3 is 0 Å². The number of carbonyl (C=O) groups is 1. The first-order valence-corrected chi connectivity index (χ1v) is 9.53. The lowest BCUT2D eigenvalue weighted by atomic mass is 9.91. The number of amides is 1. The van der Waals surface area contributed by atoms with Crippen LogP contribution in [0.25, 0.3) is 11.4 Å². The molecule has 1 N–H and O–H groups in total. The van der Waals surface area contributed by atoms with Crippen molar-refractivity contribution in [2.24, 2.45) is 11.3 Å². The van der Waals surface area contributed by atoms with Gasteiger partial charge in [0.1, 0.15) is 6.04 Å². The molecule has 0 radical (unpaired) electrons. The van der Waals surface area contributed by atoms with Crippen molar-refractivity contribution in [2.75, 3.05) is 14.2 Å². The molecule has 1 heterocycles. The van der Waals surface area contributed by atoms with Crippen LogP contribution in [0.15, 0.2) is 22.7 Å².